The van der Waals surface area contributed by atoms with Gasteiger partial charge in [0, 0.05) is 16.8 Å². The van der Waals surface area contributed by atoms with E-state index in [1.54, 1.807) is 44.2 Å². The number of nitro benzene ring substituents is 1. The highest BCUT2D eigenvalue weighted by Gasteiger charge is 2.23. The summed E-state index contributed by atoms with van der Waals surface area (Å²) in [5.41, 5.74) is 6.54. The molecule has 0 spiro atoms. The number of amides is 2. The summed E-state index contributed by atoms with van der Waals surface area (Å²) in [4.78, 5) is 34.3. The van der Waals surface area contributed by atoms with Gasteiger partial charge in [0.05, 0.1) is 4.92 Å². The normalized spacial score (nSPS) is 10.2. The minimum Gasteiger partial charge on any atom is -0.366 e. The molecule has 2 amide bonds. The van der Waals surface area contributed by atoms with Gasteiger partial charge in [0.2, 0.25) is 5.91 Å². The zero-order chi connectivity index (χ0) is 17.1. The van der Waals surface area contributed by atoms with Gasteiger partial charge < -0.3 is 11.1 Å². The Labute approximate surface area is 132 Å². The number of primary amides is 1. The lowest BCUT2D eigenvalue weighted by molar-refractivity contribution is -0.385. The second-order valence-corrected chi connectivity index (χ2v) is 5.02. The van der Waals surface area contributed by atoms with Crippen LogP contribution in [0.15, 0.2) is 36.4 Å². The largest absolute Gasteiger partial charge is 0.366 e. The molecule has 118 valence electrons. The van der Waals surface area contributed by atoms with Crippen molar-refractivity contribution in [2.24, 2.45) is 5.73 Å². The van der Waals surface area contributed by atoms with E-state index in [1.165, 1.54) is 6.07 Å². The summed E-state index contributed by atoms with van der Waals surface area (Å²) in [6.45, 7) is 3.20. The molecule has 7 heteroatoms. The number of nitrogens with two attached hydrogens (primary N) is 1. The third-order valence-electron chi connectivity index (χ3n) is 3.51. The highest BCUT2D eigenvalue weighted by Crippen LogP contribution is 2.25. The number of nitrogens with zero attached hydrogens (tertiary/aromatic N) is 1. The van der Waals surface area contributed by atoms with Gasteiger partial charge >= 0.3 is 0 Å². The van der Waals surface area contributed by atoms with E-state index >= 15 is 0 Å². The SMILES string of the molecule is Cc1cccc(C(=O)Nc2cccc(C(N)=O)c2C)c1[N+](=O)[O-]. The maximum atomic E-state index is 12.4. The second kappa shape index (κ2) is 6.27. The number of nitrogens with one attached hydrogen (secondary N) is 1. The first-order valence-corrected chi connectivity index (χ1v) is 6.77. The molecule has 2 aromatic rings. The fraction of sp³-hybridized carbons (Fsp3) is 0.125. The molecular formula is C16H15N3O4. The van der Waals surface area contributed by atoms with Crippen LogP contribution in [0.5, 0.6) is 0 Å². The quantitative estimate of drug-likeness (QED) is 0.666. The number of carbonyl (C=O) groups excluding carboxylic acids is 2. The Hall–Kier alpha value is -3.22. The van der Waals surface area contributed by atoms with Crippen LogP contribution in [-0.2, 0) is 0 Å². The first-order valence-electron chi connectivity index (χ1n) is 6.77. The van der Waals surface area contributed by atoms with E-state index < -0.39 is 16.7 Å². The second-order valence-electron chi connectivity index (χ2n) is 5.02. The minimum absolute atomic E-state index is 0.0427. The number of rotatable bonds is 4. The molecule has 7 nitrogen and oxygen atoms in total. The summed E-state index contributed by atoms with van der Waals surface area (Å²) in [6, 6.07) is 9.24. The molecule has 0 fully saturated rings. The molecule has 2 aromatic carbocycles. The van der Waals surface area contributed by atoms with E-state index in [0.29, 0.717) is 16.8 Å². The van der Waals surface area contributed by atoms with E-state index in [2.05, 4.69) is 5.32 Å². The number of hydrogen-bond donors (Lipinski definition) is 2. The van der Waals surface area contributed by atoms with Crippen molar-refractivity contribution in [2.45, 2.75) is 13.8 Å². The standard InChI is InChI=1S/C16H15N3O4/c1-9-5-3-7-12(14(9)19(22)23)16(21)18-13-8-4-6-11(10(13)2)15(17)20/h3-8H,1-2H3,(H2,17,20)(H,18,21). The molecule has 0 aliphatic carbocycles. The van der Waals surface area contributed by atoms with Crippen molar-refractivity contribution in [3.63, 3.8) is 0 Å². The molecule has 0 heterocycles. The van der Waals surface area contributed by atoms with Crippen LogP contribution in [0, 0.1) is 24.0 Å². The molecule has 3 N–H and O–H groups in total. The molecule has 0 atom stereocenters. The van der Waals surface area contributed by atoms with Crippen molar-refractivity contribution < 1.29 is 14.5 Å². The lowest BCUT2D eigenvalue weighted by Crippen LogP contribution is -2.18. The maximum Gasteiger partial charge on any atom is 0.285 e. The van der Waals surface area contributed by atoms with Crippen LogP contribution in [0.3, 0.4) is 0 Å². The molecule has 0 bridgehead atoms. The van der Waals surface area contributed by atoms with Crippen molar-refractivity contribution >= 4 is 23.2 Å². The molecular weight excluding hydrogens is 298 g/mol. The third-order valence-corrected chi connectivity index (χ3v) is 3.51. The summed E-state index contributed by atoms with van der Waals surface area (Å²) in [5, 5.41) is 13.8. The average molecular weight is 313 g/mol. The van der Waals surface area contributed by atoms with Gasteiger partial charge in [-0.25, -0.2) is 0 Å². The zero-order valence-corrected chi connectivity index (χ0v) is 12.6. The highest BCUT2D eigenvalue weighted by molar-refractivity contribution is 6.08. The molecule has 0 aliphatic rings. The summed E-state index contributed by atoms with van der Waals surface area (Å²) < 4.78 is 0. The van der Waals surface area contributed by atoms with Crippen LogP contribution < -0.4 is 11.1 Å². The fourth-order valence-corrected chi connectivity index (χ4v) is 2.31. The molecule has 0 radical (unpaired) electrons. The van der Waals surface area contributed by atoms with Crippen molar-refractivity contribution in [2.75, 3.05) is 5.32 Å². The van der Waals surface area contributed by atoms with E-state index in [9.17, 15) is 19.7 Å². The van der Waals surface area contributed by atoms with Gasteiger partial charge in [0.25, 0.3) is 11.6 Å². The maximum absolute atomic E-state index is 12.4. The van der Waals surface area contributed by atoms with Gasteiger partial charge in [-0.3, -0.25) is 19.7 Å². The first-order chi connectivity index (χ1) is 10.8. The number of para-hydroxylation sites is 1. The number of hydrogen-bond acceptors (Lipinski definition) is 4. The van der Waals surface area contributed by atoms with Gasteiger partial charge in [0.15, 0.2) is 0 Å². The zero-order valence-electron chi connectivity index (χ0n) is 12.6. The Bertz CT molecular complexity index is 815. The average Bonchev–Trinajstić information content (AvgIpc) is 2.48. The molecule has 0 saturated carbocycles. The van der Waals surface area contributed by atoms with Crippen molar-refractivity contribution in [3.8, 4) is 0 Å². The van der Waals surface area contributed by atoms with E-state index in [-0.39, 0.29) is 16.8 Å². The smallest absolute Gasteiger partial charge is 0.285 e. The van der Waals surface area contributed by atoms with Crippen LogP contribution in [0.4, 0.5) is 11.4 Å². The van der Waals surface area contributed by atoms with Gasteiger partial charge in [-0.05, 0) is 37.6 Å². The Morgan fingerprint density at radius 3 is 2.30 bits per heavy atom. The van der Waals surface area contributed by atoms with Crippen LogP contribution >= 0.6 is 0 Å². The Kier molecular flexibility index (Phi) is 4.40. The summed E-state index contributed by atoms with van der Waals surface area (Å²) in [7, 11) is 0. The topological polar surface area (TPSA) is 115 Å². The van der Waals surface area contributed by atoms with Gasteiger partial charge in [-0.15, -0.1) is 0 Å². The molecule has 0 saturated heterocycles. The molecule has 0 unspecified atom stereocenters. The fourth-order valence-electron chi connectivity index (χ4n) is 2.31. The molecule has 23 heavy (non-hydrogen) atoms. The number of anilines is 1. The summed E-state index contributed by atoms with van der Waals surface area (Å²) in [5.74, 6) is -1.23. The minimum atomic E-state index is -0.620. The molecule has 0 aromatic heterocycles. The highest BCUT2D eigenvalue weighted by atomic mass is 16.6. The van der Waals surface area contributed by atoms with Crippen molar-refractivity contribution in [3.05, 3.63) is 68.8 Å². The van der Waals surface area contributed by atoms with Gasteiger partial charge in [0.1, 0.15) is 5.56 Å². The van der Waals surface area contributed by atoms with Crippen LogP contribution in [0.1, 0.15) is 31.8 Å². The van der Waals surface area contributed by atoms with Crippen LogP contribution in [0.25, 0.3) is 0 Å². The Morgan fingerprint density at radius 1 is 1.09 bits per heavy atom. The lowest BCUT2D eigenvalue weighted by Gasteiger charge is -2.11. The third kappa shape index (κ3) is 3.18. The number of nitro groups is 1. The Morgan fingerprint density at radius 2 is 1.70 bits per heavy atom. The molecule has 0 aliphatic heterocycles. The number of carbonyl (C=O) groups is 2. The van der Waals surface area contributed by atoms with E-state index in [4.69, 9.17) is 5.73 Å². The van der Waals surface area contributed by atoms with Gasteiger partial charge in [-0.2, -0.15) is 0 Å². The predicted molar refractivity (Wildman–Crippen MR) is 85.5 cm³/mol. The summed E-state index contributed by atoms with van der Waals surface area (Å²) >= 11 is 0. The number of benzene rings is 2. The van der Waals surface area contributed by atoms with Crippen LogP contribution in [-0.4, -0.2) is 16.7 Å². The van der Waals surface area contributed by atoms with Crippen LogP contribution in [0.2, 0.25) is 0 Å². The van der Waals surface area contributed by atoms with Crippen molar-refractivity contribution in [1.82, 2.24) is 0 Å². The predicted octanol–water partition coefficient (Wildman–Crippen LogP) is 2.56. The Balaban J connectivity index is 2.42. The monoisotopic (exact) mass is 313 g/mol. The first kappa shape index (κ1) is 16.2. The van der Waals surface area contributed by atoms with E-state index in [0.717, 1.165) is 0 Å². The van der Waals surface area contributed by atoms with Gasteiger partial charge in [-0.1, -0.05) is 18.2 Å². The molecule has 2 rings (SSSR count). The lowest BCUT2D eigenvalue weighted by atomic mass is 10.0. The van der Waals surface area contributed by atoms with Crippen molar-refractivity contribution in [1.29, 1.82) is 0 Å². The number of aryl methyl sites for hydroxylation is 1. The summed E-state index contributed by atoms with van der Waals surface area (Å²) in [6.07, 6.45) is 0. The van der Waals surface area contributed by atoms with E-state index in [1.807, 2.05) is 0 Å².